The predicted molar refractivity (Wildman–Crippen MR) is 121 cm³/mol. The van der Waals surface area contributed by atoms with Crippen LogP contribution in [-0.4, -0.2) is 30.4 Å². The minimum Gasteiger partial charge on any atom is -0.342 e. The number of fused-ring (bicyclic) bond motifs is 2. The van der Waals surface area contributed by atoms with Gasteiger partial charge in [-0.15, -0.1) is 0 Å². The summed E-state index contributed by atoms with van der Waals surface area (Å²) in [7, 11) is 0. The number of aromatic nitrogens is 5. The SMILES string of the molecule is CCCn1c(=O)[nH]c(=O)c2c(C(=O)NC(C)c3nc4ccccc4[nH]3)cc(C3CC3)nc21. The first-order valence-corrected chi connectivity index (χ1v) is 10.9. The van der Waals surface area contributed by atoms with Gasteiger partial charge in [0.15, 0.2) is 5.65 Å². The molecule has 1 unspecified atom stereocenters. The maximum absolute atomic E-state index is 13.3. The van der Waals surface area contributed by atoms with Crippen molar-refractivity contribution in [1.82, 2.24) is 29.8 Å². The molecule has 1 amide bonds. The van der Waals surface area contributed by atoms with E-state index in [1.165, 1.54) is 4.57 Å². The fourth-order valence-corrected chi connectivity index (χ4v) is 4.01. The van der Waals surface area contributed by atoms with Gasteiger partial charge in [-0.3, -0.25) is 19.1 Å². The Hall–Kier alpha value is -3.75. The molecule has 0 spiro atoms. The molecular weight excluding hydrogens is 408 g/mol. The molecule has 0 saturated heterocycles. The maximum Gasteiger partial charge on any atom is 0.329 e. The molecule has 1 aromatic carbocycles. The van der Waals surface area contributed by atoms with E-state index >= 15 is 0 Å². The molecule has 0 aliphatic heterocycles. The third-order valence-electron chi connectivity index (χ3n) is 5.82. The lowest BCUT2D eigenvalue weighted by Crippen LogP contribution is -2.34. The Morgan fingerprint density at radius 3 is 2.72 bits per heavy atom. The van der Waals surface area contributed by atoms with Gasteiger partial charge in [-0.05, 0) is 44.4 Å². The lowest BCUT2D eigenvalue weighted by atomic mass is 10.1. The van der Waals surface area contributed by atoms with E-state index in [9.17, 15) is 14.4 Å². The van der Waals surface area contributed by atoms with Crippen LogP contribution < -0.4 is 16.6 Å². The third kappa shape index (κ3) is 3.49. The largest absolute Gasteiger partial charge is 0.342 e. The Bertz CT molecular complexity index is 1430. The van der Waals surface area contributed by atoms with Crippen molar-refractivity contribution in [2.24, 2.45) is 0 Å². The molecule has 1 fully saturated rings. The summed E-state index contributed by atoms with van der Waals surface area (Å²) < 4.78 is 1.45. The van der Waals surface area contributed by atoms with E-state index in [-0.39, 0.29) is 22.5 Å². The first kappa shape index (κ1) is 20.2. The van der Waals surface area contributed by atoms with Gasteiger partial charge < -0.3 is 10.3 Å². The van der Waals surface area contributed by atoms with Gasteiger partial charge in [-0.2, -0.15) is 0 Å². The van der Waals surface area contributed by atoms with Crippen molar-refractivity contribution in [2.75, 3.05) is 0 Å². The number of hydrogen-bond donors (Lipinski definition) is 3. The number of carbonyl (C=O) groups is 1. The van der Waals surface area contributed by atoms with E-state index in [4.69, 9.17) is 0 Å². The number of para-hydroxylation sites is 2. The number of nitrogens with zero attached hydrogens (tertiary/aromatic N) is 3. The molecule has 1 saturated carbocycles. The molecule has 1 aliphatic rings. The van der Waals surface area contributed by atoms with Crippen LogP contribution in [0.5, 0.6) is 0 Å². The first-order chi connectivity index (χ1) is 15.5. The number of H-pyrrole nitrogens is 2. The van der Waals surface area contributed by atoms with Crippen molar-refractivity contribution in [2.45, 2.75) is 51.6 Å². The number of aryl methyl sites for hydroxylation is 1. The van der Waals surface area contributed by atoms with Gasteiger partial charge in [-0.25, -0.2) is 14.8 Å². The lowest BCUT2D eigenvalue weighted by Gasteiger charge is -2.15. The van der Waals surface area contributed by atoms with Gasteiger partial charge in [-0.1, -0.05) is 19.1 Å². The molecule has 1 aliphatic carbocycles. The van der Waals surface area contributed by atoms with Crippen LogP contribution in [0, 0.1) is 0 Å². The van der Waals surface area contributed by atoms with E-state index in [2.05, 4.69) is 25.3 Å². The molecule has 32 heavy (non-hydrogen) atoms. The Morgan fingerprint density at radius 2 is 2.00 bits per heavy atom. The van der Waals surface area contributed by atoms with Crippen molar-refractivity contribution in [1.29, 1.82) is 0 Å². The Balaban J connectivity index is 1.59. The minimum absolute atomic E-state index is 0.136. The van der Waals surface area contributed by atoms with E-state index in [0.717, 1.165) is 29.6 Å². The van der Waals surface area contributed by atoms with Crippen molar-refractivity contribution >= 4 is 28.0 Å². The molecule has 3 aromatic heterocycles. The molecule has 0 bridgehead atoms. The van der Waals surface area contributed by atoms with Crippen LogP contribution in [0.3, 0.4) is 0 Å². The normalized spacial score (nSPS) is 14.7. The molecular formula is C23H24N6O3. The van der Waals surface area contributed by atoms with Gasteiger partial charge in [0.25, 0.3) is 11.5 Å². The van der Waals surface area contributed by atoms with Crippen LogP contribution in [0.1, 0.15) is 66.9 Å². The summed E-state index contributed by atoms with van der Waals surface area (Å²) in [5, 5.41) is 3.08. The van der Waals surface area contributed by atoms with Crippen molar-refractivity contribution in [3.05, 3.63) is 68.3 Å². The molecule has 3 N–H and O–H groups in total. The van der Waals surface area contributed by atoms with Gasteiger partial charge in [0.2, 0.25) is 0 Å². The highest BCUT2D eigenvalue weighted by Crippen LogP contribution is 2.40. The number of imidazole rings is 1. The molecule has 9 heteroatoms. The van der Waals surface area contributed by atoms with Gasteiger partial charge >= 0.3 is 5.69 Å². The van der Waals surface area contributed by atoms with Gasteiger partial charge in [0.1, 0.15) is 5.82 Å². The first-order valence-electron chi connectivity index (χ1n) is 10.9. The zero-order valence-electron chi connectivity index (χ0n) is 17.9. The predicted octanol–water partition coefficient (Wildman–Crippen LogP) is 2.74. The zero-order chi connectivity index (χ0) is 22.4. The quantitative estimate of drug-likeness (QED) is 0.432. The summed E-state index contributed by atoms with van der Waals surface area (Å²) in [6.07, 6.45) is 2.66. The summed E-state index contributed by atoms with van der Waals surface area (Å²) in [5.74, 6) is 0.472. The number of rotatable bonds is 6. The number of aromatic amines is 2. The van der Waals surface area contributed by atoms with Crippen LogP contribution in [-0.2, 0) is 6.54 Å². The summed E-state index contributed by atoms with van der Waals surface area (Å²) in [6.45, 7) is 4.18. The molecule has 9 nitrogen and oxygen atoms in total. The van der Waals surface area contributed by atoms with Crippen LogP contribution in [0.2, 0.25) is 0 Å². The average Bonchev–Trinajstić information content (AvgIpc) is 3.53. The van der Waals surface area contributed by atoms with E-state index in [1.807, 2.05) is 38.1 Å². The second-order valence-electron chi connectivity index (χ2n) is 8.31. The lowest BCUT2D eigenvalue weighted by molar-refractivity contribution is 0.0940. The monoisotopic (exact) mass is 432 g/mol. The average molecular weight is 432 g/mol. The minimum atomic E-state index is -0.603. The Morgan fingerprint density at radius 1 is 1.22 bits per heavy atom. The summed E-state index contributed by atoms with van der Waals surface area (Å²) in [5.41, 5.74) is 1.83. The Labute approximate surface area is 182 Å². The highest BCUT2D eigenvalue weighted by molar-refractivity contribution is 6.05. The summed E-state index contributed by atoms with van der Waals surface area (Å²) in [4.78, 5) is 53.3. The van der Waals surface area contributed by atoms with Crippen LogP contribution >= 0.6 is 0 Å². The standard InChI is InChI=1S/C23H24N6O3/c1-3-10-29-20-18(22(31)28-23(29)32)14(11-17(27-20)13-8-9-13)21(30)24-12(2)19-25-15-6-4-5-7-16(15)26-19/h4-7,11-13H,3,8-10H2,1-2H3,(H,24,30)(H,25,26)(H,28,31,32). The number of hydrogen-bond acceptors (Lipinski definition) is 5. The molecule has 164 valence electrons. The molecule has 1 atom stereocenters. The number of nitrogens with one attached hydrogen (secondary N) is 3. The molecule has 4 aromatic rings. The highest BCUT2D eigenvalue weighted by Gasteiger charge is 2.29. The topological polar surface area (TPSA) is 126 Å². The molecule has 5 rings (SSSR count). The van der Waals surface area contributed by atoms with Gasteiger partial charge in [0, 0.05) is 18.2 Å². The van der Waals surface area contributed by atoms with Crippen molar-refractivity contribution in [3.8, 4) is 0 Å². The highest BCUT2D eigenvalue weighted by atomic mass is 16.2. The van der Waals surface area contributed by atoms with Crippen LogP contribution in [0.25, 0.3) is 22.1 Å². The maximum atomic E-state index is 13.3. The smallest absolute Gasteiger partial charge is 0.329 e. The van der Waals surface area contributed by atoms with Crippen molar-refractivity contribution in [3.63, 3.8) is 0 Å². The molecule has 0 radical (unpaired) electrons. The third-order valence-corrected chi connectivity index (χ3v) is 5.82. The summed E-state index contributed by atoms with van der Waals surface area (Å²) in [6, 6.07) is 8.92. The summed E-state index contributed by atoms with van der Waals surface area (Å²) >= 11 is 0. The second kappa shape index (κ2) is 7.74. The number of carbonyl (C=O) groups excluding carboxylic acids is 1. The Kier molecular flexibility index (Phi) is 4.88. The van der Waals surface area contributed by atoms with E-state index in [1.54, 1.807) is 6.07 Å². The van der Waals surface area contributed by atoms with E-state index < -0.39 is 23.2 Å². The van der Waals surface area contributed by atoms with Gasteiger partial charge in [0.05, 0.1) is 28.0 Å². The van der Waals surface area contributed by atoms with E-state index in [0.29, 0.717) is 18.8 Å². The number of benzene rings is 1. The number of amides is 1. The van der Waals surface area contributed by atoms with Crippen LogP contribution in [0.4, 0.5) is 0 Å². The van der Waals surface area contributed by atoms with Crippen LogP contribution in [0.15, 0.2) is 39.9 Å². The fourth-order valence-electron chi connectivity index (χ4n) is 4.01. The van der Waals surface area contributed by atoms with Crippen molar-refractivity contribution < 1.29 is 4.79 Å². The second-order valence-corrected chi connectivity index (χ2v) is 8.31. The fraction of sp³-hybridized carbons (Fsp3) is 0.348. The zero-order valence-corrected chi connectivity index (χ0v) is 17.9. The number of pyridine rings is 1. The molecule has 3 heterocycles.